The first-order valence-corrected chi connectivity index (χ1v) is 18.0. The highest BCUT2D eigenvalue weighted by Crippen LogP contribution is 2.37. The van der Waals surface area contributed by atoms with Gasteiger partial charge >= 0.3 is 12.2 Å². The molecule has 3 aromatic rings. The fourth-order valence-electron chi connectivity index (χ4n) is 4.49. The summed E-state index contributed by atoms with van der Waals surface area (Å²) in [5, 5.41) is 9.93. The number of hydrogen-bond donors (Lipinski definition) is 3. The van der Waals surface area contributed by atoms with E-state index >= 15 is 0 Å². The number of guanidine groups is 1. The summed E-state index contributed by atoms with van der Waals surface area (Å²) in [6.45, 7) is 15.9. The standard InChI is InChI=1S/C36H48Cl2N6O5S/c1-23(2)20-28-30(25-14-15-26(37)27(38)21-25)41-32(50-28)44(22-24-12-10-9-11-13-24)19-16-29(45)39-17-18-40-31(42-33(46)48-35(3,4)5)43-34(47)49-36(6,7)8/h9-15,21,23H,16-20,22H2,1-8H3,(H,39,45)(H2,40,42,43,46,47). The number of carbonyl (C=O) groups excluding carboxylic acids is 3. The first kappa shape index (κ1) is 40.6. The molecule has 0 aliphatic carbocycles. The van der Waals surface area contributed by atoms with Gasteiger partial charge < -0.3 is 25.0 Å². The van der Waals surface area contributed by atoms with Gasteiger partial charge in [-0.15, -0.1) is 16.3 Å². The van der Waals surface area contributed by atoms with Crippen molar-refractivity contribution in [2.75, 3.05) is 24.5 Å². The van der Waals surface area contributed by atoms with E-state index in [1.807, 2.05) is 42.5 Å². The molecule has 0 unspecified atom stereocenters. The summed E-state index contributed by atoms with van der Waals surface area (Å²) >= 11 is 14.2. The molecule has 0 fully saturated rings. The number of rotatable bonds is 12. The number of aromatic nitrogens is 1. The van der Waals surface area contributed by atoms with Gasteiger partial charge in [0.2, 0.25) is 11.9 Å². The molecule has 3 N–H and O–H groups in total. The Bertz CT molecular complexity index is 1630. The van der Waals surface area contributed by atoms with Crippen LogP contribution in [0, 0.1) is 5.92 Å². The normalized spacial score (nSPS) is 12.0. The topological polar surface area (TPSA) is 134 Å². The van der Waals surface area contributed by atoms with Gasteiger partial charge in [-0.3, -0.25) is 10.1 Å². The Hall–Kier alpha value is -3.87. The maximum absolute atomic E-state index is 13.0. The van der Waals surface area contributed by atoms with Crippen molar-refractivity contribution in [3.05, 3.63) is 69.0 Å². The lowest BCUT2D eigenvalue weighted by Gasteiger charge is -2.22. The summed E-state index contributed by atoms with van der Waals surface area (Å²) in [5.41, 5.74) is 1.29. The van der Waals surface area contributed by atoms with Crippen molar-refractivity contribution < 1.29 is 23.9 Å². The predicted molar refractivity (Wildman–Crippen MR) is 202 cm³/mol. The Morgan fingerprint density at radius 3 is 2.20 bits per heavy atom. The first-order valence-electron chi connectivity index (χ1n) is 16.4. The van der Waals surface area contributed by atoms with Crippen molar-refractivity contribution in [1.82, 2.24) is 20.9 Å². The number of benzene rings is 2. The molecule has 0 saturated carbocycles. The van der Waals surface area contributed by atoms with E-state index in [2.05, 4.69) is 39.7 Å². The second kappa shape index (κ2) is 18.4. The zero-order chi connectivity index (χ0) is 37.1. The highest BCUT2D eigenvalue weighted by molar-refractivity contribution is 7.16. The number of amides is 3. The molecule has 3 amide bonds. The zero-order valence-electron chi connectivity index (χ0n) is 30.0. The SMILES string of the molecule is CC(C)Cc1sc(N(CCC(=O)NCCNC(=NC(=O)OC(C)(C)C)NC(=O)OC(C)(C)C)Cc2ccccc2)nc1-c1ccc(Cl)c(Cl)c1. The van der Waals surface area contributed by atoms with Gasteiger partial charge in [-0.2, -0.15) is 0 Å². The van der Waals surface area contributed by atoms with Gasteiger partial charge in [0.15, 0.2) is 5.13 Å². The molecule has 0 spiro atoms. The number of thiazole rings is 1. The summed E-state index contributed by atoms with van der Waals surface area (Å²) in [5.74, 6) is 0.0654. The zero-order valence-corrected chi connectivity index (χ0v) is 32.3. The van der Waals surface area contributed by atoms with Crippen LogP contribution in [-0.4, -0.2) is 59.9 Å². The van der Waals surface area contributed by atoms with Gasteiger partial charge in [0.1, 0.15) is 11.2 Å². The van der Waals surface area contributed by atoms with Gasteiger partial charge in [0.25, 0.3) is 0 Å². The molecule has 0 bridgehead atoms. The summed E-state index contributed by atoms with van der Waals surface area (Å²) in [7, 11) is 0. The Kier molecular flexibility index (Phi) is 14.9. The number of halogens is 2. The number of aliphatic imine (C=N–C) groups is 1. The van der Waals surface area contributed by atoms with E-state index in [1.165, 1.54) is 0 Å². The predicted octanol–water partition coefficient (Wildman–Crippen LogP) is 8.23. The molecule has 11 nitrogen and oxygen atoms in total. The molecule has 14 heteroatoms. The van der Waals surface area contributed by atoms with Crippen LogP contribution < -0.4 is 20.9 Å². The van der Waals surface area contributed by atoms with Crippen molar-refractivity contribution in [1.29, 1.82) is 0 Å². The molecule has 272 valence electrons. The van der Waals surface area contributed by atoms with Gasteiger partial charge in [0.05, 0.1) is 15.7 Å². The molecular formula is C36H48Cl2N6O5S. The van der Waals surface area contributed by atoms with Crippen molar-refractivity contribution in [2.24, 2.45) is 10.9 Å². The third kappa shape index (κ3) is 14.5. The fraction of sp³-hybridized carbons (Fsp3) is 0.472. The summed E-state index contributed by atoms with van der Waals surface area (Å²) in [6.07, 6.45) is -0.652. The lowest BCUT2D eigenvalue weighted by molar-refractivity contribution is -0.120. The highest BCUT2D eigenvalue weighted by atomic mass is 35.5. The number of nitrogens with one attached hydrogen (secondary N) is 3. The highest BCUT2D eigenvalue weighted by Gasteiger charge is 2.22. The van der Waals surface area contributed by atoms with Crippen LogP contribution in [0.5, 0.6) is 0 Å². The van der Waals surface area contributed by atoms with E-state index in [0.717, 1.165) is 33.3 Å². The second-order valence-corrected chi connectivity index (χ2v) is 15.9. The second-order valence-electron chi connectivity index (χ2n) is 14.0. The minimum absolute atomic E-state index is 0.157. The van der Waals surface area contributed by atoms with Crippen LogP contribution in [0.4, 0.5) is 14.7 Å². The molecule has 0 aliphatic rings. The molecule has 0 saturated heterocycles. The number of ether oxygens (including phenoxy) is 2. The monoisotopic (exact) mass is 746 g/mol. The van der Waals surface area contributed by atoms with E-state index in [4.69, 9.17) is 37.7 Å². The molecule has 3 rings (SSSR count). The van der Waals surface area contributed by atoms with Gasteiger partial charge in [-0.25, -0.2) is 14.6 Å². The number of nitrogens with zero attached hydrogens (tertiary/aromatic N) is 3. The smallest absolute Gasteiger partial charge is 0.437 e. The van der Waals surface area contributed by atoms with E-state index in [-0.39, 0.29) is 31.4 Å². The number of anilines is 1. The summed E-state index contributed by atoms with van der Waals surface area (Å²) in [4.78, 5) is 49.9. The molecule has 0 aliphatic heterocycles. The van der Waals surface area contributed by atoms with Crippen molar-refractivity contribution >= 4 is 63.7 Å². The molecule has 0 atom stereocenters. The van der Waals surface area contributed by atoms with Crippen LogP contribution >= 0.6 is 34.5 Å². The van der Waals surface area contributed by atoms with Crippen LogP contribution in [0.25, 0.3) is 11.3 Å². The largest absolute Gasteiger partial charge is 0.444 e. The van der Waals surface area contributed by atoms with Crippen LogP contribution in [0.3, 0.4) is 0 Å². The van der Waals surface area contributed by atoms with Crippen molar-refractivity contribution in [2.45, 2.75) is 86.0 Å². The molecular weight excluding hydrogens is 699 g/mol. The van der Waals surface area contributed by atoms with Crippen molar-refractivity contribution in [3.63, 3.8) is 0 Å². The van der Waals surface area contributed by atoms with E-state index in [9.17, 15) is 14.4 Å². The third-order valence-electron chi connectivity index (χ3n) is 6.52. The van der Waals surface area contributed by atoms with Gasteiger partial charge in [-0.05, 0) is 71.6 Å². The quantitative estimate of drug-likeness (QED) is 0.0959. The molecule has 1 heterocycles. The summed E-state index contributed by atoms with van der Waals surface area (Å²) in [6, 6.07) is 15.6. The Morgan fingerprint density at radius 1 is 0.920 bits per heavy atom. The number of alkyl carbamates (subject to hydrolysis) is 1. The number of hydrogen-bond acceptors (Lipinski definition) is 8. The van der Waals surface area contributed by atoms with Gasteiger partial charge in [-0.1, -0.05) is 73.4 Å². The third-order valence-corrected chi connectivity index (χ3v) is 8.40. The summed E-state index contributed by atoms with van der Waals surface area (Å²) < 4.78 is 10.5. The van der Waals surface area contributed by atoms with Crippen molar-refractivity contribution in [3.8, 4) is 11.3 Å². The van der Waals surface area contributed by atoms with Crippen LogP contribution in [0.2, 0.25) is 10.0 Å². The molecule has 1 aromatic heterocycles. The van der Waals surface area contributed by atoms with Crippen LogP contribution in [-0.2, 0) is 27.2 Å². The average Bonchev–Trinajstić information content (AvgIpc) is 3.40. The minimum atomic E-state index is -0.889. The Morgan fingerprint density at radius 2 is 1.58 bits per heavy atom. The minimum Gasteiger partial charge on any atom is -0.444 e. The van der Waals surface area contributed by atoms with Crippen LogP contribution in [0.1, 0.15) is 72.3 Å². The Labute approximate surface area is 309 Å². The van der Waals surface area contributed by atoms with E-state index < -0.39 is 23.4 Å². The maximum Gasteiger partial charge on any atom is 0.437 e. The fourth-order valence-corrected chi connectivity index (χ4v) is 6.11. The molecule has 0 radical (unpaired) electrons. The lowest BCUT2D eigenvalue weighted by atomic mass is 10.0. The molecule has 2 aromatic carbocycles. The average molecular weight is 748 g/mol. The van der Waals surface area contributed by atoms with Crippen LogP contribution in [0.15, 0.2) is 53.5 Å². The number of carbonyl (C=O) groups is 3. The van der Waals surface area contributed by atoms with E-state index in [0.29, 0.717) is 29.1 Å². The lowest BCUT2D eigenvalue weighted by Crippen LogP contribution is -2.46. The van der Waals surface area contributed by atoms with E-state index in [1.54, 1.807) is 58.9 Å². The van der Waals surface area contributed by atoms with Gasteiger partial charge in [0, 0.05) is 43.0 Å². The maximum atomic E-state index is 13.0. The first-order chi connectivity index (χ1) is 23.4. The molecule has 50 heavy (non-hydrogen) atoms. The Balaban J connectivity index is 1.70.